The number of rotatable bonds is 6. The second kappa shape index (κ2) is 8.39. The fourth-order valence-electron chi connectivity index (χ4n) is 2.74. The molecule has 1 N–H and O–H groups in total. The standard InChI is InChI=1S/C21H31IN2O4Si/c1-20(2,3)29(7,8)28-13-21(4,5)15-11-14(12-16(22)18(15)27-6)24-17(25)9-10-23-19(24)26/h9-12H,13H2,1-8H3,(H,23,26). The first-order valence-corrected chi connectivity index (χ1v) is 13.5. The van der Waals surface area contributed by atoms with Gasteiger partial charge < -0.3 is 14.1 Å². The number of benzene rings is 1. The summed E-state index contributed by atoms with van der Waals surface area (Å²) >= 11 is 2.17. The van der Waals surface area contributed by atoms with Crippen molar-refractivity contribution in [3.05, 3.63) is 54.4 Å². The van der Waals surface area contributed by atoms with Gasteiger partial charge in [0.15, 0.2) is 8.32 Å². The molecule has 2 aromatic rings. The van der Waals surface area contributed by atoms with Gasteiger partial charge in [-0.15, -0.1) is 0 Å². The minimum absolute atomic E-state index is 0.105. The average Bonchev–Trinajstić information content (AvgIpc) is 2.58. The first-order chi connectivity index (χ1) is 13.2. The molecule has 0 aliphatic rings. The second-order valence-corrected chi connectivity index (χ2v) is 15.4. The summed E-state index contributed by atoms with van der Waals surface area (Å²) in [5, 5.41) is 0.105. The molecule has 0 spiro atoms. The first kappa shape index (κ1) is 23.9. The van der Waals surface area contributed by atoms with Gasteiger partial charge in [-0.05, 0) is 52.9 Å². The molecule has 8 heteroatoms. The molecule has 0 aliphatic heterocycles. The lowest BCUT2D eigenvalue weighted by molar-refractivity contribution is 0.216. The molecule has 1 heterocycles. The van der Waals surface area contributed by atoms with Crippen LogP contribution in [0.2, 0.25) is 18.1 Å². The Balaban J connectivity index is 2.57. The van der Waals surface area contributed by atoms with Crippen LogP contribution in [0, 0.1) is 3.57 Å². The third-order valence-corrected chi connectivity index (χ3v) is 11.0. The molecule has 1 aromatic heterocycles. The second-order valence-electron chi connectivity index (χ2n) is 9.40. The largest absolute Gasteiger partial charge is 0.495 e. The molecule has 0 amide bonds. The Morgan fingerprint density at radius 1 is 1.14 bits per heavy atom. The third kappa shape index (κ3) is 5.03. The third-order valence-electron chi connectivity index (χ3n) is 5.68. The molecule has 0 unspecified atom stereocenters. The van der Waals surface area contributed by atoms with Gasteiger partial charge in [-0.1, -0.05) is 34.6 Å². The van der Waals surface area contributed by atoms with Gasteiger partial charge in [0.1, 0.15) is 5.75 Å². The molecule has 0 atom stereocenters. The fourth-order valence-corrected chi connectivity index (χ4v) is 4.73. The van der Waals surface area contributed by atoms with Crippen molar-refractivity contribution in [3.8, 4) is 11.4 Å². The van der Waals surface area contributed by atoms with E-state index in [1.54, 1.807) is 13.2 Å². The molecular weight excluding hydrogens is 499 g/mol. The Morgan fingerprint density at radius 3 is 2.28 bits per heavy atom. The van der Waals surface area contributed by atoms with Gasteiger partial charge in [-0.25, -0.2) is 9.36 Å². The molecule has 29 heavy (non-hydrogen) atoms. The van der Waals surface area contributed by atoms with E-state index in [9.17, 15) is 9.59 Å². The lowest BCUT2D eigenvalue weighted by atomic mass is 9.84. The molecule has 0 aliphatic carbocycles. The van der Waals surface area contributed by atoms with Gasteiger partial charge in [0.25, 0.3) is 5.56 Å². The predicted octanol–water partition coefficient (Wildman–Crippen LogP) is 4.44. The molecule has 0 bridgehead atoms. The van der Waals surface area contributed by atoms with E-state index < -0.39 is 14.0 Å². The molecule has 6 nitrogen and oxygen atoms in total. The summed E-state index contributed by atoms with van der Waals surface area (Å²) in [6.07, 6.45) is 1.35. The van der Waals surface area contributed by atoms with Gasteiger partial charge >= 0.3 is 5.69 Å². The number of aromatic amines is 1. The zero-order valence-corrected chi connectivity index (χ0v) is 21.6. The quantitative estimate of drug-likeness (QED) is 0.443. The highest BCUT2D eigenvalue weighted by Crippen LogP contribution is 2.41. The van der Waals surface area contributed by atoms with Crippen molar-refractivity contribution in [3.63, 3.8) is 0 Å². The Hall–Kier alpha value is -1.39. The van der Waals surface area contributed by atoms with Crippen LogP contribution in [0.4, 0.5) is 0 Å². The monoisotopic (exact) mass is 530 g/mol. The van der Waals surface area contributed by atoms with E-state index >= 15 is 0 Å². The highest BCUT2D eigenvalue weighted by molar-refractivity contribution is 14.1. The topological polar surface area (TPSA) is 73.3 Å². The zero-order chi connectivity index (χ0) is 22.2. The van der Waals surface area contributed by atoms with E-state index in [1.807, 2.05) is 6.07 Å². The SMILES string of the molecule is COc1c(I)cc(-n2c(=O)cc[nH]c2=O)cc1C(C)(C)CO[Si](C)(C)C(C)(C)C. The van der Waals surface area contributed by atoms with Crippen LogP contribution in [0.15, 0.2) is 34.0 Å². The molecule has 0 saturated carbocycles. The number of H-pyrrole nitrogens is 1. The van der Waals surface area contributed by atoms with E-state index in [-0.39, 0.29) is 16.0 Å². The Morgan fingerprint density at radius 2 is 1.76 bits per heavy atom. The van der Waals surface area contributed by atoms with Crippen molar-refractivity contribution in [2.75, 3.05) is 13.7 Å². The van der Waals surface area contributed by atoms with Crippen LogP contribution in [0.3, 0.4) is 0 Å². The number of aromatic nitrogens is 2. The number of methoxy groups -OCH3 is 1. The van der Waals surface area contributed by atoms with Gasteiger partial charge in [-0.3, -0.25) is 4.79 Å². The summed E-state index contributed by atoms with van der Waals surface area (Å²) in [7, 11) is -0.305. The molecule has 160 valence electrons. The number of halogens is 1. The highest BCUT2D eigenvalue weighted by atomic mass is 127. The van der Waals surface area contributed by atoms with Crippen LogP contribution < -0.4 is 16.0 Å². The minimum Gasteiger partial charge on any atom is -0.495 e. The molecule has 0 fully saturated rings. The maximum absolute atomic E-state index is 12.3. The van der Waals surface area contributed by atoms with Gasteiger partial charge in [0.05, 0.1) is 16.4 Å². The molecule has 0 saturated heterocycles. The number of nitrogens with one attached hydrogen (secondary N) is 1. The summed E-state index contributed by atoms with van der Waals surface area (Å²) in [6.45, 7) is 15.8. The van der Waals surface area contributed by atoms with Crippen molar-refractivity contribution in [2.24, 2.45) is 0 Å². The summed E-state index contributed by atoms with van der Waals surface area (Å²) in [5.41, 5.74) is 0.172. The van der Waals surface area contributed by atoms with E-state index in [4.69, 9.17) is 9.16 Å². The van der Waals surface area contributed by atoms with Crippen molar-refractivity contribution < 1.29 is 9.16 Å². The molecule has 1 aromatic carbocycles. The molecule has 2 rings (SSSR count). The first-order valence-electron chi connectivity index (χ1n) is 9.54. The highest BCUT2D eigenvalue weighted by Gasteiger charge is 2.39. The van der Waals surface area contributed by atoms with Gasteiger partial charge in [0, 0.05) is 29.8 Å². The maximum Gasteiger partial charge on any atom is 0.332 e. The van der Waals surface area contributed by atoms with Crippen molar-refractivity contribution in [2.45, 2.75) is 58.2 Å². The fraction of sp³-hybridized carbons (Fsp3) is 0.524. The lowest BCUT2D eigenvalue weighted by Gasteiger charge is -2.39. The summed E-state index contributed by atoms with van der Waals surface area (Å²) < 4.78 is 14.1. The summed E-state index contributed by atoms with van der Waals surface area (Å²) in [6, 6.07) is 4.97. The average molecular weight is 530 g/mol. The van der Waals surface area contributed by atoms with Crippen LogP contribution in [0.25, 0.3) is 5.69 Å². The van der Waals surface area contributed by atoms with Crippen LogP contribution >= 0.6 is 22.6 Å². The Labute approximate surface area is 186 Å². The normalized spacial score (nSPS) is 12.9. The maximum atomic E-state index is 12.3. The van der Waals surface area contributed by atoms with E-state index in [0.29, 0.717) is 12.3 Å². The van der Waals surface area contributed by atoms with Crippen LogP contribution in [0.5, 0.6) is 5.75 Å². The minimum atomic E-state index is -1.94. The number of hydrogen-bond donors (Lipinski definition) is 1. The van der Waals surface area contributed by atoms with Crippen molar-refractivity contribution in [1.29, 1.82) is 0 Å². The van der Waals surface area contributed by atoms with Gasteiger partial charge in [-0.2, -0.15) is 0 Å². The van der Waals surface area contributed by atoms with E-state index in [0.717, 1.165) is 19.5 Å². The van der Waals surface area contributed by atoms with Crippen LogP contribution in [-0.4, -0.2) is 31.6 Å². The lowest BCUT2D eigenvalue weighted by Crippen LogP contribution is -2.44. The molecular formula is C21H31IN2O4Si. The summed E-state index contributed by atoms with van der Waals surface area (Å²) in [4.78, 5) is 27.2. The molecule has 0 radical (unpaired) electrons. The smallest absolute Gasteiger partial charge is 0.332 e. The number of nitrogens with zero attached hydrogens (tertiary/aromatic N) is 1. The predicted molar refractivity (Wildman–Crippen MR) is 128 cm³/mol. The number of ether oxygens (including phenoxy) is 1. The Kier molecular flexibility index (Phi) is 6.91. The van der Waals surface area contributed by atoms with Gasteiger partial charge in [0.2, 0.25) is 0 Å². The van der Waals surface area contributed by atoms with Crippen LogP contribution in [0.1, 0.15) is 40.2 Å². The number of hydrogen-bond acceptors (Lipinski definition) is 4. The zero-order valence-electron chi connectivity index (χ0n) is 18.5. The van der Waals surface area contributed by atoms with Crippen molar-refractivity contribution >= 4 is 30.9 Å². The van der Waals surface area contributed by atoms with Crippen molar-refractivity contribution in [1.82, 2.24) is 9.55 Å². The summed E-state index contributed by atoms with van der Waals surface area (Å²) in [5.74, 6) is 0.735. The van der Waals surface area contributed by atoms with E-state index in [1.165, 1.54) is 12.3 Å². The Bertz CT molecular complexity index is 975. The van der Waals surface area contributed by atoms with E-state index in [2.05, 4.69) is 75.3 Å². The van der Waals surface area contributed by atoms with Crippen LogP contribution in [-0.2, 0) is 9.84 Å².